The molecule has 3 rings (SSSR count). The van der Waals surface area contributed by atoms with Gasteiger partial charge in [0.05, 0.1) is 0 Å². The highest BCUT2D eigenvalue weighted by Crippen LogP contribution is 2.14. The predicted molar refractivity (Wildman–Crippen MR) is 78.3 cm³/mol. The van der Waals surface area contributed by atoms with Gasteiger partial charge in [0, 0.05) is 38.4 Å². The molecule has 0 fully saturated rings. The summed E-state index contributed by atoms with van der Waals surface area (Å²) in [4.78, 5) is 22.6. The van der Waals surface area contributed by atoms with E-state index in [1.54, 1.807) is 35.7 Å². The number of hydrogen-bond acceptors (Lipinski definition) is 6. The average molecular weight is 302 g/mol. The first-order valence-electron chi connectivity index (χ1n) is 6.22. The zero-order valence-corrected chi connectivity index (χ0v) is 12.0. The summed E-state index contributed by atoms with van der Waals surface area (Å²) in [6.45, 7) is 0.623. The molecule has 106 valence electrons. The van der Waals surface area contributed by atoms with Crippen LogP contribution in [0.15, 0.2) is 43.2 Å². The van der Waals surface area contributed by atoms with Crippen LogP contribution in [0.2, 0.25) is 5.28 Å². The quantitative estimate of drug-likeness (QED) is 0.731. The van der Waals surface area contributed by atoms with E-state index in [-0.39, 0.29) is 5.28 Å². The highest BCUT2D eigenvalue weighted by Gasteiger charge is 2.11. The molecule has 7 nitrogen and oxygen atoms in total. The number of hydrogen-bond donors (Lipinski definition) is 0. The van der Waals surface area contributed by atoms with E-state index in [9.17, 15) is 0 Å². The van der Waals surface area contributed by atoms with Crippen molar-refractivity contribution in [3.63, 3.8) is 0 Å². The number of aromatic nitrogens is 6. The Bertz CT molecular complexity index is 715. The van der Waals surface area contributed by atoms with Crippen LogP contribution in [0.1, 0.15) is 5.56 Å². The third-order valence-corrected chi connectivity index (χ3v) is 2.97. The summed E-state index contributed by atoms with van der Waals surface area (Å²) in [7, 11) is 1.89. The van der Waals surface area contributed by atoms with Crippen molar-refractivity contribution in [2.24, 2.45) is 0 Å². The molecule has 0 saturated carbocycles. The molecule has 0 aliphatic rings. The van der Waals surface area contributed by atoms with Gasteiger partial charge >= 0.3 is 0 Å². The van der Waals surface area contributed by atoms with Crippen molar-refractivity contribution in [2.45, 2.75) is 6.54 Å². The maximum Gasteiger partial charge on any atom is 0.241 e. The fraction of sp³-hybridized carbons (Fsp3) is 0.154. The Labute approximate surface area is 126 Å². The number of nitrogens with zero attached hydrogens (tertiary/aromatic N) is 7. The molecule has 0 N–H and O–H groups in total. The minimum Gasteiger partial charge on any atom is -0.339 e. The fourth-order valence-corrected chi connectivity index (χ4v) is 1.98. The van der Waals surface area contributed by atoms with Crippen molar-refractivity contribution in [1.29, 1.82) is 0 Å². The van der Waals surface area contributed by atoms with Gasteiger partial charge in [-0.3, -0.25) is 9.55 Å². The monoisotopic (exact) mass is 301 g/mol. The lowest BCUT2D eigenvalue weighted by Gasteiger charge is -2.17. The average Bonchev–Trinajstić information content (AvgIpc) is 3.02. The summed E-state index contributed by atoms with van der Waals surface area (Å²) in [5.74, 6) is 0.920. The van der Waals surface area contributed by atoms with Crippen LogP contribution in [0.4, 0.5) is 5.95 Å². The summed E-state index contributed by atoms with van der Waals surface area (Å²) < 4.78 is 1.68. The first-order chi connectivity index (χ1) is 10.2. The lowest BCUT2D eigenvalue weighted by molar-refractivity contribution is 0.820. The summed E-state index contributed by atoms with van der Waals surface area (Å²) in [6.07, 6.45) is 8.54. The molecule has 0 radical (unpaired) electrons. The molecule has 0 atom stereocenters. The lowest BCUT2D eigenvalue weighted by Crippen LogP contribution is -2.20. The molecule has 3 aromatic heterocycles. The van der Waals surface area contributed by atoms with E-state index in [0.717, 1.165) is 5.56 Å². The van der Waals surface area contributed by atoms with Gasteiger partial charge in [-0.25, -0.2) is 4.98 Å². The zero-order valence-electron chi connectivity index (χ0n) is 11.3. The highest BCUT2D eigenvalue weighted by atomic mass is 35.5. The van der Waals surface area contributed by atoms with Crippen molar-refractivity contribution in [3.8, 4) is 5.95 Å². The topological polar surface area (TPSA) is 72.6 Å². The number of rotatable bonds is 4. The van der Waals surface area contributed by atoms with Gasteiger partial charge in [0.25, 0.3) is 0 Å². The Morgan fingerprint density at radius 3 is 2.81 bits per heavy atom. The minimum absolute atomic E-state index is 0.140. The third kappa shape index (κ3) is 3.14. The van der Waals surface area contributed by atoms with Gasteiger partial charge in [-0.05, 0) is 23.2 Å². The van der Waals surface area contributed by atoms with E-state index in [1.807, 2.05) is 24.1 Å². The van der Waals surface area contributed by atoms with Gasteiger partial charge in [-0.1, -0.05) is 6.07 Å². The smallest absolute Gasteiger partial charge is 0.241 e. The van der Waals surface area contributed by atoms with Gasteiger partial charge in [0.15, 0.2) is 0 Å². The molecule has 0 amide bonds. The molecule has 0 aliphatic carbocycles. The second-order valence-corrected chi connectivity index (χ2v) is 4.73. The van der Waals surface area contributed by atoms with Crippen molar-refractivity contribution in [1.82, 2.24) is 29.5 Å². The highest BCUT2D eigenvalue weighted by molar-refractivity contribution is 6.28. The van der Waals surface area contributed by atoms with Crippen LogP contribution in [0.5, 0.6) is 0 Å². The number of imidazole rings is 1. The molecule has 8 heteroatoms. The molecule has 3 heterocycles. The van der Waals surface area contributed by atoms with Crippen LogP contribution in [-0.4, -0.2) is 36.5 Å². The SMILES string of the molecule is CN(Cc1cccnc1)c1nc(Cl)nc(-n2ccnc2)n1. The summed E-state index contributed by atoms with van der Waals surface area (Å²) >= 11 is 5.98. The molecule has 3 aromatic rings. The molecule has 0 aliphatic heterocycles. The Morgan fingerprint density at radius 2 is 2.10 bits per heavy atom. The van der Waals surface area contributed by atoms with Crippen LogP contribution in [0.25, 0.3) is 5.95 Å². The summed E-state index contributed by atoms with van der Waals surface area (Å²) in [5.41, 5.74) is 1.06. The number of halogens is 1. The normalized spacial score (nSPS) is 10.6. The Hall–Kier alpha value is -2.54. The molecule has 0 aromatic carbocycles. The van der Waals surface area contributed by atoms with E-state index in [4.69, 9.17) is 11.6 Å². The van der Waals surface area contributed by atoms with Crippen molar-refractivity contribution < 1.29 is 0 Å². The summed E-state index contributed by atoms with van der Waals surface area (Å²) in [6, 6.07) is 3.88. The predicted octanol–water partition coefficient (Wildman–Crippen LogP) is 1.74. The van der Waals surface area contributed by atoms with Crippen LogP contribution < -0.4 is 4.90 Å². The summed E-state index contributed by atoms with van der Waals surface area (Å²) in [5, 5.41) is 0.140. The van der Waals surface area contributed by atoms with Crippen molar-refractivity contribution >= 4 is 17.5 Å². The molecule has 0 unspecified atom stereocenters. The van der Waals surface area contributed by atoms with E-state index in [1.165, 1.54) is 0 Å². The van der Waals surface area contributed by atoms with Crippen LogP contribution in [-0.2, 0) is 6.54 Å². The van der Waals surface area contributed by atoms with Gasteiger partial charge in [0.1, 0.15) is 6.33 Å². The van der Waals surface area contributed by atoms with E-state index in [0.29, 0.717) is 18.4 Å². The lowest BCUT2D eigenvalue weighted by atomic mass is 10.3. The molecule has 0 bridgehead atoms. The van der Waals surface area contributed by atoms with Crippen LogP contribution >= 0.6 is 11.6 Å². The number of anilines is 1. The molecule has 21 heavy (non-hydrogen) atoms. The largest absolute Gasteiger partial charge is 0.339 e. The zero-order chi connectivity index (χ0) is 14.7. The van der Waals surface area contributed by atoms with Crippen LogP contribution in [0.3, 0.4) is 0 Å². The maximum absolute atomic E-state index is 5.98. The van der Waals surface area contributed by atoms with E-state index >= 15 is 0 Å². The molecular weight excluding hydrogens is 290 g/mol. The molecular formula is C13H12ClN7. The third-order valence-electron chi connectivity index (χ3n) is 2.80. The molecule has 0 spiro atoms. The second kappa shape index (κ2) is 5.84. The Morgan fingerprint density at radius 1 is 1.19 bits per heavy atom. The van der Waals surface area contributed by atoms with Gasteiger partial charge in [0.2, 0.25) is 17.2 Å². The van der Waals surface area contributed by atoms with E-state index < -0.39 is 0 Å². The first kappa shape index (κ1) is 13.4. The standard InChI is InChI=1S/C13H12ClN7/c1-20(8-10-3-2-4-15-7-10)12-17-11(14)18-13(19-12)21-6-5-16-9-21/h2-7,9H,8H2,1H3. The second-order valence-electron chi connectivity index (χ2n) is 4.39. The minimum atomic E-state index is 0.140. The fourth-order valence-electron chi connectivity index (χ4n) is 1.83. The van der Waals surface area contributed by atoms with Crippen LogP contribution in [0, 0.1) is 0 Å². The van der Waals surface area contributed by atoms with Gasteiger partial charge in [-0.2, -0.15) is 15.0 Å². The Kier molecular flexibility index (Phi) is 3.74. The van der Waals surface area contributed by atoms with Crippen molar-refractivity contribution in [2.75, 3.05) is 11.9 Å². The first-order valence-corrected chi connectivity index (χ1v) is 6.60. The van der Waals surface area contributed by atoms with Gasteiger partial charge in [-0.15, -0.1) is 0 Å². The van der Waals surface area contributed by atoms with Crippen molar-refractivity contribution in [3.05, 3.63) is 54.1 Å². The molecule has 0 saturated heterocycles. The maximum atomic E-state index is 5.98. The Balaban J connectivity index is 1.88. The number of pyridine rings is 1. The van der Waals surface area contributed by atoms with E-state index in [2.05, 4.69) is 24.9 Å². The van der Waals surface area contributed by atoms with Gasteiger partial charge < -0.3 is 4.90 Å².